The summed E-state index contributed by atoms with van der Waals surface area (Å²) >= 11 is 11.8. The van der Waals surface area contributed by atoms with Crippen molar-refractivity contribution in [2.45, 2.75) is 0 Å². The quantitative estimate of drug-likeness (QED) is 0.834. The zero-order valence-electron chi connectivity index (χ0n) is 7.93. The molecule has 82 valence electrons. The summed E-state index contributed by atoms with van der Waals surface area (Å²) in [4.78, 5) is 13.8. The van der Waals surface area contributed by atoms with Crippen LogP contribution in [0.2, 0.25) is 10.0 Å². The summed E-state index contributed by atoms with van der Waals surface area (Å²) in [5.41, 5.74) is 0.160. The fraction of sp³-hybridized carbons (Fsp3) is 0. The van der Waals surface area contributed by atoms with Gasteiger partial charge in [0.25, 0.3) is 5.56 Å². The molecule has 0 saturated heterocycles. The van der Waals surface area contributed by atoms with Crippen molar-refractivity contribution in [3.05, 3.63) is 56.7 Å². The minimum absolute atomic E-state index is 0.160. The molecule has 0 radical (unpaired) electrons. The monoisotopic (exact) mass is 257 g/mol. The van der Waals surface area contributed by atoms with E-state index in [1.807, 2.05) is 0 Å². The molecule has 1 N–H and O–H groups in total. The molecule has 0 unspecified atom stereocenters. The second-order valence-corrected chi connectivity index (χ2v) is 3.95. The van der Waals surface area contributed by atoms with Gasteiger partial charge in [-0.1, -0.05) is 35.3 Å². The first-order chi connectivity index (χ1) is 7.59. The minimum Gasteiger partial charge on any atom is -0.326 e. The molecule has 0 atom stereocenters. The van der Waals surface area contributed by atoms with Gasteiger partial charge in [0, 0.05) is 11.8 Å². The highest BCUT2D eigenvalue weighted by Crippen LogP contribution is 2.31. The highest BCUT2D eigenvalue weighted by atomic mass is 35.5. The molecular formula is C11H6Cl2FNO. The number of nitrogens with one attached hydrogen (secondary N) is 1. The van der Waals surface area contributed by atoms with Crippen LogP contribution in [0.3, 0.4) is 0 Å². The highest BCUT2D eigenvalue weighted by molar-refractivity contribution is 6.43. The maximum atomic E-state index is 13.0. The molecule has 2 nitrogen and oxygen atoms in total. The number of aromatic nitrogens is 1. The van der Waals surface area contributed by atoms with Gasteiger partial charge in [-0.3, -0.25) is 4.79 Å². The molecule has 2 rings (SSSR count). The van der Waals surface area contributed by atoms with Gasteiger partial charge in [0.15, 0.2) is 0 Å². The number of pyridine rings is 1. The number of hydrogen-bond donors (Lipinski definition) is 1. The topological polar surface area (TPSA) is 32.9 Å². The number of rotatable bonds is 1. The van der Waals surface area contributed by atoms with E-state index >= 15 is 0 Å². The lowest BCUT2D eigenvalue weighted by atomic mass is 10.1. The molecule has 0 amide bonds. The molecule has 0 saturated carbocycles. The largest absolute Gasteiger partial charge is 0.326 e. The van der Waals surface area contributed by atoms with Gasteiger partial charge < -0.3 is 4.98 Å². The predicted octanol–water partition coefficient (Wildman–Crippen LogP) is 3.49. The van der Waals surface area contributed by atoms with E-state index in [2.05, 4.69) is 4.98 Å². The van der Waals surface area contributed by atoms with Crippen LogP contribution in [0.15, 0.2) is 35.3 Å². The van der Waals surface area contributed by atoms with Gasteiger partial charge >= 0.3 is 0 Å². The lowest BCUT2D eigenvalue weighted by Crippen LogP contribution is -2.08. The molecule has 1 aromatic carbocycles. The summed E-state index contributed by atoms with van der Waals surface area (Å²) in [5, 5.41) is 0.558. The number of benzene rings is 1. The van der Waals surface area contributed by atoms with Gasteiger partial charge in [0.2, 0.25) is 0 Å². The molecule has 5 heteroatoms. The third-order valence-corrected chi connectivity index (χ3v) is 2.93. The Morgan fingerprint density at radius 3 is 2.69 bits per heavy atom. The Hall–Kier alpha value is -1.32. The molecule has 0 bridgehead atoms. The smallest absolute Gasteiger partial charge is 0.256 e. The average Bonchev–Trinajstić information content (AvgIpc) is 2.26. The zero-order chi connectivity index (χ0) is 11.7. The molecular weight excluding hydrogens is 252 g/mol. The van der Waals surface area contributed by atoms with Crippen LogP contribution >= 0.6 is 23.2 Å². The molecule has 0 fully saturated rings. The van der Waals surface area contributed by atoms with Gasteiger partial charge in [-0.25, -0.2) is 4.39 Å². The lowest BCUT2D eigenvalue weighted by molar-refractivity contribution is 0.621. The number of aromatic amines is 1. The molecule has 0 aliphatic heterocycles. The maximum absolute atomic E-state index is 13.0. The summed E-state index contributed by atoms with van der Waals surface area (Å²) in [6, 6.07) is 5.98. The second-order valence-electron chi connectivity index (χ2n) is 3.16. The fourth-order valence-corrected chi connectivity index (χ4v) is 1.77. The summed E-state index contributed by atoms with van der Waals surface area (Å²) in [5.74, 6) is -0.536. The average molecular weight is 258 g/mol. The van der Waals surface area contributed by atoms with E-state index in [1.54, 1.807) is 18.2 Å². The van der Waals surface area contributed by atoms with Crippen molar-refractivity contribution in [3.8, 4) is 11.1 Å². The van der Waals surface area contributed by atoms with Crippen LogP contribution in [0, 0.1) is 5.82 Å². The second kappa shape index (κ2) is 4.28. The predicted molar refractivity (Wildman–Crippen MR) is 62.5 cm³/mol. The van der Waals surface area contributed by atoms with Crippen LogP contribution in [-0.2, 0) is 0 Å². The first-order valence-electron chi connectivity index (χ1n) is 4.42. The van der Waals surface area contributed by atoms with Gasteiger partial charge in [0.05, 0.1) is 15.6 Å². The molecule has 0 spiro atoms. The van der Waals surface area contributed by atoms with E-state index < -0.39 is 11.4 Å². The third kappa shape index (κ3) is 1.96. The molecule has 1 aromatic heterocycles. The van der Waals surface area contributed by atoms with E-state index in [9.17, 15) is 9.18 Å². The van der Waals surface area contributed by atoms with Gasteiger partial charge in [0.1, 0.15) is 5.82 Å². The Morgan fingerprint density at radius 2 is 1.94 bits per heavy atom. The van der Waals surface area contributed by atoms with Crippen molar-refractivity contribution >= 4 is 23.2 Å². The minimum atomic E-state index is -0.536. The number of H-pyrrole nitrogens is 1. The van der Waals surface area contributed by atoms with Crippen LogP contribution in [0.1, 0.15) is 0 Å². The normalized spacial score (nSPS) is 10.4. The van der Waals surface area contributed by atoms with Crippen LogP contribution in [0.4, 0.5) is 4.39 Å². The number of halogens is 3. The lowest BCUT2D eigenvalue weighted by Gasteiger charge is -2.04. The summed E-state index contributed by atoms with van der Waals surface area (Å²) in [6.07, 6.45) is 0.990. The summed E-state index contributed by atoms with van der Waals surface area (Å²) in [7, 11) is 0. The summed E-state index contributed by atoms with van der Waals surface area (Å²) in [6.45, 7) is 0. The molecule has 0 aliphatic rings. The van der Waals surface area contributed by atoms with Crippen molar-refractivity contribution in [2.24, 2.45) is 0 Å². The van der Waals surface area contributed by atoms with Crippen molar-refractivity contribution in [3.63, 3.8) is 0 Å². The Labute approximate surface area is 101 Å². The number of hydrogen-bond acceptors (Lipinski definition) is 1. The van der Waals surface area contributed by atoms with E-state index in [4.69, 9.17) is 23.2 Å². The van der Waals surface area contributed by atoms with Crippen molar-refractivity contribution in [1.82, 2.24) is 4.98 Å². The van der Waals surface area contributed by atoms with Crippen molar-refractivity contribution < 1.29 is 4.39 Å². The van der Waals surface area contributed by atoms with Crippen LogP contribution in [0.5, 0.6) is 0 Å². The Morgan fingerprint density at radius 1 is 1.19 bits per heavy atom. The summed E-state index contributed by atoms with van der Waals surface area (Å²) < 4.78 is 13.0. The first-order valence-corrected chi connectivity index (χ1v) is 5.18. The van der Waals surface area contributed by atoms with E-state index in [0.29, 0.717) is 10.6 Å². The highest BCUT2D eigenvalue weighted by Gasteiger charge is 2.10. The van der Waals surface area contributed by atoms with Crippen molar-refractivity contribution in [1.29, 1.82) is 0 Å². The zero-order valence-corrected chi connectivity index (χ0v) is 9.44. The maximum Gasteiger partial charge on any atom is 0.256 e. The van der Waals surface area contributed by atoms with E-state index in [0.717, 1.165) is 12.3 Å². The van der Waals surface area contributed by atoms with E-state index in [-0.39, 0.29) is 10.6 Å². The van der Waals surface area contributed by atoms with Crippen LogP contribution < -0.4 is 5.56 Å². The van der Waals surface area contributed by atoms with Crippen molar-refractivity contribution in [2.75, 3.05) is 0 Å². The van der Waals surface area contributed by atoms with Crippen LogP contribution in [-0.4, -0.2) is 4.98 Å². The third-order valence-electron chi connectivity index (χ3n) is 2.11. The molecule has 16 heavy (non-hydrogen) atoms. The van der Waals surface area contributed by atoms with E-state index in [1.165, 1.54) is 0 Å². The Bertz CT molecular complexity index is 595. The Balaban J connectivity index is 2.72. The van der Waals surface area contributed by atoms with Gasteiger partial charge in [-0.2, -0.15) is 0 Å². The standard InChI is InChI=1S/C11H6Cl2FNO/c12-9-3-1-2-7(10(9)13)8-4-6(14)5-15-11(8)16/h1-5H,(H,15,16). The molecule has 0 aliphatic carbocycles. The molecule has 2 aromatic rings. The SMILES string of the molecule is O=c1[nH]cc(F)cc1-c1cccc(Cl)c1Cl. The first kappa shape index (κ1) is 11.2. The fourth-order valence-electron chi connectivity index (χ4n) is 1.37. The van der Waals surface area contributed by atoms with Gasteiger partial charge in [-0.05, 0) is 12.1 Å². The van der Waals surface area contributed by atoms with Crippen LogP contribution in [0.25, 0.3) is 11.1 Å². The molecule has 1 heterocycles. The Kier molecular flexibility index (Phi) is 2.99. The van der Waals surface area contributed by atoms with Gasteiger partial charge in [-0.15, -0.1) is 0 Å².